The number of nitro benzene ring substituents is 1. The number of ether oxygens (including phenoxy) is 1. The van der Waals surface area contributed by atoms with Crippen molar-refractivity contribution in [3.05, 3.63) is 67.7 Å². The lowest BCUT2D eigenvalue weighted by Gasteiger charge is -2.11. The number of non-ortho nitro benzene ring substituents is 1. The second kappa shape index (κ2) is 10.1. The van der Waals surface area contributed by atoms with Gasteiger partial charge in [-0.25, -0.2) is 0 Å². The molecule has 10 heteroatoms. The largest absolute Gasteiger partial charge is 0.486 e. The van der Waals surface area contributed by atoms with Gasteiger partial charge in [-0.05, 0) is 42.4 Å². The highest BCUT2D eigenvalue weighted by Gasteiger charge is 2.11. The lowest BCUT2D eigenvalue weighted by molar-refractivity contribution is -0.384. The van der Waals surface area contributed by atoms with E-state index in [1.165, 1.54) is 18.3 Å². The molecule has 0 aliphatic heterocycles. The quantitative estimate of drug-likeness (QED) is 0.297. The standard InChI is InChI=1S/C17H16Cl2N4O3S/c1-2-20-17(27)22-21-9-12-7-14(18)16(15(19)8-12)26-10-11-4-3-5-13(6-11)23(24)25/h3-9H,2,10H2,1H3,(H2,20,22,27)/b21-9-. The smallest absolute Gasteiger partial charge is 0.269 e. The van der Waals surface area contributed by atoms with Crippen molar-refractivity contribution in [2.75, 3.05) is 6.54 Å². The summed E-state index contributed by atoms with van der Waals surface area (Å²) >= 11 is 17.5. The van der Waals surface area contributed by atoms with Gasteiger partial charge in [0, 0.05) is 18.7 Å². The summed E-state index contributed by atoms with van der Waals surface area (Å²) < 4.78 is 5.64. The van der Waals surface area contributed by atoms with Crippen molar-refractivity contribution in [1.82, 2.24) is 10.7 Å². The number of hydrogen-bond acceptors (Lipinski definition) is 5. The van der Waals surface area contributed by atoms with Crippen LogP contribution in [0.2, 0.25) is 10.0 Å². The molecule has 0 unspecified atom stereocenters. The van der Waals surface area contributed by atoms with Crippen LogP contribution < -0.4 is 15.5 Å². The van der Waals surface area contributed by atoms with Gasteiger partial charge in [-0.15, -0.1) is 0 Å². The summed E-state index contributed by atoms with van der Waals surface area (Å²) in [6.45, 7) is 2.70. The molecule has 0 bridgehead atoms. The zero-order valence-electron chi connectivity index (χ0n) is 14.2. The molecule has 0 radical (unpaired) electrons. The first-order valence-corrected chi connectivity index (χ1v) is 8.99. The first-order valence-electron chi connectivity index (χ1n) is 7.82. The minimum atomic E-state index is -0.465. The van der Waals surface area contributed by atoms with E-state index in [-0.39, 0.29) is 18.0 Å². The predicted octanol–water partition coefficient (Wildman–Crippen LogP) is 4.30. The number of nitrogens with one attached hydrogen (secondary N) is 2. The average Bonchev–Trinajstić information content (AvgIpc) is 2.61. The van der Waals surface area contributed by atoms with E-state index in [4.69, 9.17) is 40.2 Å². The lowest BCUT2D eigenvalue weighted by atomic mass is 10.2. The number of rotatable bonds is 7. The zero-order chi connectivity index (χ0) is 19.8. The van der Waals surface area contributed by atoms with Gasteiger partial charge in [0.2, 0.25) is 0 Å². The second-order valence-electron chi connectivity index (χ2n) is 5.26. The van der Waals surface area contributed by atoms with Crippen LogP contribution in [0.4, 0.5) is 5.69 Å². The van der Waals surface area contributed by atoms with Gasteiger partial charge >= 0.3 is 0 Å². The number of thiocarbonyl (C=S) groups is 1. The Balaban J connectivity index is 2.06. The van der Waals surface area contributed by atoms with Crippen LogP contribution in [0.5, 0.6) is 5.75 Å². The van der Waals surface area contributed by atoms with Crippen molar-refractivity contribution in [3.63, 3.8) is 0 Å². The van der Waals surface area contributed by atoms with Crippen molar-refractivity contribution in [3.8, 4) is 5.75 Å². The van der Waals surface area contributed by atoms with Crippen molar-refractivity contribution < 1.29 is 9.66 Å². The predicted molar refractivity (Wildman–Crippen MR) is 111 cm³/mol. The van der Waals surface area contributed by atoms with Gasteiger partial charge in [0.15, 0.2) is 10.9 Å². The van der Waals surface area contributed by atoms with Gasteiger partial charge in [0.1, 0.15) is 6.61 Å². The highest BCUT2D eigenvalue weighted by atomic mass is 35.5. The first-order chi connectivity index (χ1) is 12.9. The van der Waals surface area contributed by atoms with Crippen LogP contribution in [0, 0.1) is 10.1 Å². The molecule has 2 N–H and O–H groups in total. The number of halogens is 2. The number of hydrogen-bond donors (Lipinski definition) is 2. The molecule has 0 fully saturated rings. The van der Waals surface area contributed by atoms with Gasteiger partial charge in [0.25, 0.3) is 5.69 Å². The van der Waals surface area contributed by atoms with Crippen LogP contribution in [-0.4, -0.2) is 22.8 Å². The molecule has 7 nitrogen and oxygen atoms in total. The molecule has 2 aromatic rings. The molecule has 0 amide bonds. The van der Waals surface area contributed by atoms with E-state index in [0.717, 1.165) is 0 Å². The highest BCUT2D eigenvalue weighted by molar-refractivity contribution is 7.80. The third kappa shape index (κ3) is 6.35. The number of hydrazone groups is 1. The monoisotopic (exact) mass is 426 g/mol. The summed E-state index contributed by atoms with van der Waals surface area (Å²) in [5.41, 5.74) is 3.93. The molecule has 0 spiro atoms. The molecule has 0 heterocycles. The van der Waals surface area contributed by atoms with Crippen molar-refractivity contribution in [2.45, 2.75) is 13.5 Å². The number of benzene rings is 2. The molecule has 142 valence electrons. The fourth-order valence-electron chi connectivity index (χ4n) is 2.07. The Hall–Kier alpha value is -2.42. The molecular formula is C17H16Cl2N4O3S. The van der Waals surface area contributed by atoms with E-state index >= 15 is 0 Å². The SMILES string of the molecule is CCNC(=S)N/N=C\c1cc(Cl)c(OCc2cccc([N+](=O)[O-])c2)c(Cl)c1. The molecule has 0 aliphatic rings. The third-order valence-corrected chi connectivity index (χ3v) is 4.04. The van der Waals surface area contributed by atoms with Crippen LogP contribution in [0.1, 0.15) is 18.1 Å². The van der Waals surface area contributed by atoms with Crippen molar-refractivity contribution >= 4 is 52.4 Å². The molecule has 2 rings (SSSR count). The minimum absolute atomic E-state index is 0.0113. The van der Waals surface area contributed by atoms with E-state index in [9.17, 15) is 10.1 Å². The van der Waals surface area contributed by atoms with Gasteiger partial charge in [0.05, 0.1) is 21.2 Å². The molecule has 2 aromatic carbocycles. The Labute approximate surface area is 171 Å². The first kappa shape index (κ1) is 20.9. The topological polar surface area (TPSA) is 88.8 Å². The molecular weight excluding hydrogens is 411 g/mol. The summed E-state index contributed by atoms with van der Waals surface area (Å²) in [6.07, 6.45) is 1.52. The fourth-order valence-corrected chi connectivity index (χ4v) is 2.88. The Morgan fingerprint density at radius 3 is 2.67 bits per heavy atom. The van der Waals surface area contributed by atoms with E-state index < -0.39 is 4.92 Å². The number of nitro groups is 1. The highest BCUT2D eigenvalue weighted by Crippen LogP contribution is 2.34. The molecule has 27 heavy (non-hydrogen) atoms. The Bertz CT molecular complexity index is 854. The summed E-state index contributed by atoms with van der Waals surface area (Å²) in [7, 11) is 0. The molecule has 0 atom stereocenters. The molecule has 0 aliphatic carbocycles. The van der Waals surface area contributed by atoms with Gasteiger partial charge in [-0.1, -0.05) is 35.3 Å². The third-order valence-electron chi connectivity index (χ3n) is 3.24. The van der Waals surface area contributed by atoms with Gasteiger partial charge in [-0.2, -0.15) is 5.10 Å². The van der Waals surface area contributed by atoms with E-state index in [1.54, 1.807) is 24.3 Å². The van der Waals surface area contributed by atoms with Crippen LogP contribution >= 0.6 is 35.4 Å². The molecule has 0 saturated heterocycles. The minimum Gasteiger partial charge on any atom is -0.486 e. The second-order valence-corrected chi connectivity index (χ2v) is 6.48. The van der Waals surface area contributed by atoms with E-state index in [0.29, 0.717) is 32.8 Å². The summed E-state index contributed by atoms with van der Waals surface area (Å²) in [5, 5.41) is 18.7. The van der Waals surface area contributed by atoms with Crippen LogP contribution in [0.15, 0.2) is 41.5 Å². The Morgan fingerprint density at radius 2 is 2.04 bits per heavy atom. The maximum Gasteiger partial charge on any atom is 0.269 e. The maximum absolute atomic E-state index is 10.8. The van der Waals surface area contributed by atoms with Crippen molar-refractivity contribution in [2.24, 2.45) is 5.10 Å². The Kier molecular flexibility index (Phi) is 7.78. The molecule has 0 aromatic heterocycles. The number of nitrogens with zero attached hydrogens (tertiary/aromatic N) is 2. The van der Waals surface area contributed by atoms with Crippen LogP contribution in [0.25, 0.3) is 0 Å². The zero-order valence-corrected chi connectivity index (χ0v) is 16.6. The summed E-state index contributed by atoms with van der Waals surface area (Å²) in [5.74, 6) is 0.290. The van der Waals surface area contributed by atoms with Crippen LogP contribution in [0.3, 0.4) is 0 Å². The average molecular weight is 427 g/mol. The summed E-state index contributed by atoms with van der Waals surface area (Å²) in [4.78, 5) is 10.4. The normalized spacial score (nSPS) is 10.6. The summed E-state index contributed by atoms with van der Waals surface area (Å²) in [6, 6.07) is 9.42. The maximum atomic E-state index is 10.8. The molecule has 0 saturated carbocycles. The lowest BCUT2D eigenvalue weighted by Crippen LogP contribution is -2.31. The van der Waals surface area contributed by atoms with E-state index in [1.807, 2.05) is 6.92 Å². The van der Waals surface area contributed by atoms with Crippen molar-refractivity contribution in [1.29, 1.82) is 0 Å². The van der Waals surface area contributed by atoms with E-state index in [2.05, 4.69) is 15.8 Å². The van der Waals surface area contributed by atoms with Gasteiger partial charge in [-0.3, -0.25) is 15.5 Å². The van der Waals surface area contributed by atoms with Crippen LogP contribution in [-0.2, 0) is 6.61 Å². The Morgan fingerprint density at radius 1 is 1.33 bits per heavy atom. The fraction of sp³-hybridized carbons (Fsp3) is 0.176. The van der Waals surface area contributed by atoms with Gasteiger partial charge < -0.3 is 10.1 Å².